The SMILES string of the molecule is CC(C)CC(C(=O)O)N(C)C(=O)c1cccc(CSC2=NCN(Cc3cccnc3)CN2)c1. The highest BCUT2D eigenvalue weighted by molar-refractivity contribution is 8.13. The van der Waals surface area contributed by atoms with Crippen molar-refractivity contribution >= 4 is 28.8 Å². The summed E-state index contributed by atoms with van der Waals surface area (Å²) < 4.78 is 0. The summed E-state index contributed by atoms with van der Waals surface area (Å²) in [4.78, 5) is 36.9. The van der Waals surface area contributed by atoms with Crippen LogP contribution in [0.2, 0.25) is 0 Å². The molecule has 2 aromatic rings. The van der Waals surface area contributed by atoms with Crippen LogP contribution in [0.15, 0.2) is 53.8 Å². The normalized spacial score (nSPS) is 15.0. The van der Waals surface area contributed by atoms with Gasteiger partial charge in [-0.05, 0) is 41.7 Å². The van der Waals surface area contributed by atoms with Crippen molar-refractivity contribution in [3.8, 4) is 0 Å². The van der Waals surface area contributed by atoms with Gasteiger partial charge in [0.2, 0.25) is 0 Å². The summed E-state index contributed by atoms with van der Waals surface area (Å²) in [5.41, 5.74) is 2.62. The van der Waals surface area contributed by atoms with Crippen LogP contribution in [0.1, 0.15) is 41.8 Å². The van der Waals surface area contributed by atoms with Crippen molar-refractivity contribution in [3.63, 3.8) is 0 Å². The summed E-state index contributed by atoms with van der Waals surface area (Å²) in [5, 5.41) is 13.8. The van der Waals surface area contributed by atoms with E-state index < -0.39 is 12.0 Å². The average molecular weight is 470 g/mol. The Kier molecular flexibility index (Phi) is 8.85. The zero-order chi connectivity index (χ0) is 23.8. The molecule has 1 atom stereocenters. The molecule has 0 radical (unpaired) electrons. The number of hydrogen-bond acceptors (Lipinski definition) is 7. The maximum atomic E-state index is 12.9. The third-order valence-corrected chi connectivity index (χ3v) is 6.34. The van der Waals surface area contributed by atoms with E-state index in [0.29, 0.717) is 31.1 Å². The van der Waals surface area contributed by atoms with Crippen molar-refractivity contribution in [2.45, 2.75) is 38.6 Å². The van der Waals surface area contributed by atoms with Gasteiger partial charge in [0.15, 0.2) is 5.17 Å². The predicted molar refractivity (Wildman–Crippen MR) is 131 cm³/mol. The molecule has 0 spiro atoms. The fraction of sp³-hybridized carbons (Fsp3) is 0.417. The Morgan fingerprint density at radius 1 is 1.24 bits per heavy atom. The molecule has 8 nitrogen and oxygen atoms in total. The van der Waals surface area contributed by atoms with Gasteiger partial charge in [-0.25, -0.2) is 9.79 Å². The predicted octanol–water partition coefficient (Wildman–Crippen LogP) is 3.26. The number of carboxylic acids is 1. The van der Waals surface area contributed by atoms with E-state index in [4.69, 9.17) is 0 Å². The van der Waals surface area contributed by atoms with Gasteiger partial charge < -0.3 is 15.3 Å². The fourth-order valence-corrected chi connectivity index (χ4v) is 4.36. The second kappa shape index (κ2) is 11.8. The number of amidine groups is 1. The third kappa shape index (κ3) is 7.30. The van der Waals surface area contributed by atoms with Crippen LogP contribution >= 0.6 is 11.8 Å². The highest BCUT2D eigenvalue weighted by atomic mass is 32.2. The fourth-order valence-electron chi connectivity index (χ4n) is 3.56. The lowest BCUT2D eigenvalue weighted by Crippen LogP contribution is -2.43. The number of nitrogens with zero attached hydrogens (tertiary/aromatic N) is 4. The van der Waals surface area contributed by atoms with E-state index in [1.54, 1.807) is 31.1 Å². The number of pyridine rings is 1. The van der Waals surface area contributed by atoms with E-state index in [0.717, 1.165) is 22.8 Å². The number of aliphatic imine (C=N–C) groups is 1. The number of likely N-dealkylation sites (N-methyl/N-ethyl adjacent to an activating group) is 1. The number of amides is 1. The Balaban J connectivity index is 1.55. The number of benzene rings is 1. The van der Waals surface area contributed by atoms with Gasteiger partial charge in [0.25, 0.3) is 5.91 Å². The Labute approximate surface area is 199 Å². The molecule has 1 aromatic carbocycles. The lowest BCUT2D eigenvalue weighted by molar-refractivity contribution is -0.142. The first kappa shape index (κ1) is 24.7. The lowest BCUT2D eigenvalue weighted by atomic mass is 10.0. The maximum absolute atomic E-state index is 12.9. The number of nitrogens with one attached hydrogen (secondary N) is 1. The van der Waals surface area contributed by atoms with E-state index in [9.17, 15) is 14.7 Å². The summed E-state index contributed by atoms with van der Waals surface area (Å²) in [5.74, 6) is -0.430. The van der Waals surface area contributed by atoms with E-state index in [1.807, 2.05) is 50.4 Å². The molecule has 0 bridgehead atoms. The minimum Gasteiger partial charge on any atom is -0.480 e. The van der Waals surface area contributed by atoms with Gasteiger partial charge in [-0.2, -0.15) is 0 Å². The smallest absolute Gasteiger partial charge is 0.326 e. The first-order valence-corrected chi connectivity index (χ1v) is 11.9. The molecule has 0 saturated carbocycles. The van der Waals surface area contributed by atoms with Gasteiger partial charge in [0, 0.05) is 37.3 Å². The first-order valence-electron chi connectivity index (χ1n) is 10.9. The van der Waals surface area contributed by atoms with Crippen LogP contribution in [0.5, 0.6) is 0 Å². The minimum absolute atomic E-state index is 0.174. The largest absolute Gasteiger partial charge is 0.480 e. The summed E-state index contributed by atoms with van der Waals surface area (Å²) in [6.45, 7) is 6.00. The second-order valence-electron chi connectivity index (χ2n) is 8.52. The Morgan fingerprint density at radius 2 is 2.03 bits per heavy atom. The number of rotatable bonds is 9. The van der Waals surface area contributed by atoms with Crippen LogP contribution in [0.3, 0.4) is 0 Å². The first-order chi connectivity index (χ1) is 15.8. The molecule has 0 saturated heterocycles. The van der Waals surface area contributed by atoms with E-state index in [-0.39, 0.29) is 11.8 Å². The number of aromatic nitrogens is 1. The molecule has 1 aliphatic rings. The topological polar surface area (TPSA) is 98.1 Å². The summed E-state index contributed by atoms with van der Waals surface area (Å²) in [6, 6.07) is 10.5. The zero-order valence-electron chi connectivity index (χ0n) is 19.3. The van der Waals surface area contributed by atoms with Gasteiger partial charge >= 0.3 is 5.97 Å². The minimum atomic E-state index is -0.981. The van der Waals surface area contributed by atoms with Crippen molar-refractivity contribution in [1.82, 2.24) is 20.1 Å². The molecule has 2 N–H and O–H groups in total. The summed E-state index contributed by atoms with van der Waals surface area (Å²) >= 11 is 1.59. The number of thioether (sulfide) groups is 1. The molecule has 0 aliphatic carbocycles. The number of hydrogen-bond donors (Lipinski definition) is 2. The van der Waals surface area contributed by atoms with Crippen LogP contribution in [-0.2, 0) is 17.1 Å². The quantitative estimate of drug-likeness (QED) is 0.582. The molecule has 1 aliphatic heterocycles. The highest BCUT2D eigenvalue weighted by Gasteiger charge is 2.28. The Morgan fingerprint density at radius 3 is 2.67 bits per heavy atom. The molecular weight excluding hydrogens is 438 g/mol. The van der Waals surface area contributed by atoms with E-state index in [2.05, 4.69) is 20.2 Å². The second-order valence-corrected chi connectivity index (χ2v) is 9.48. The van der Waals surface area contributed by atoms with Gasteiger partial charge in [0.05, 0.1) is 13.3 Å². The van der Waals surface area contributed by atoms with Crippen molar-refractivity contribution < 1.29 is 14.7 Å². The maximum Gasteiger partial charge on any atom is 0.326 e. The summed E-state index contributed by atoms with van der Waals surface area (Å²) in [6.07, 6.45) is 4.04. The van der Waals surface area contributed by atoms with Crippen molar-refractivity contribution in [2.75, 3.05) is 20.4 Å². The molecule has 1 aromatic heterocycles. The number of aliphatic carboxylic acids is 1. The Bertz CT molecular complexity index is 983. The van der Waals surface area contributed by atoms with Crippen LogP contribution in [0, 0.1) is 5.92 Å². The van der Waals surface area contributed by atoms with E-state index >= 15 is 0 Å². The molecule has 1 unspecified atom stereocenters. The molecule has 2 heterocycles. The third-order valence-electron chi connectivity index (χ3n) is 5.31. The van der Waals surface area contributed by atoms with Crippen molar-refractivity contribution in [1.29, 1.82) is 0 Å². The average Bonchev–Trinajstić information content (AvgIpc) is 2.82. The van der Waals surface area contributed by atoms with Crippen LogP contribution in [0.25, 0.3) is 0 Å². The van der Waals surface area contributed by atoms with Crippen molar-refractivity contribution in [2.24, 2.45) is 10.9 Å². The number of carbonyl (C=O) groups is 2. The monoisotopic (exact) mass is 469 g/mol. The molecule has 3 rings (SSSR count). The van der Waals surface area contributed by atoms with Crippen LogP contribution < -0.4 is 5.32 Å². The Hall–Kier alpha value is -2.91. The zero-order valence-corrected chi connectivity index (χ0v) is 20.1. The standard InChI is InChI=1S/C24H31N5O3S/c1-17(2)10-21(23(31)32)28(3)22(30)20-8-4-6-18(11-20)14-33-24-26-15-29(16-27-24)13-19-7-5-9-25-12-19/h4-9,11-12,17,21H,10,13-16H2,1-3H3,(H,26,27)(H,31,32). The molecule has 0 fully saturated rings. The van der Waals surface area contributed by atoms with Crippen LogP contribution in [-0.4, -0.2) is 63.4 Å². The van der Waals surface area contributed by atoms with Crippen molar-refractivity contribution in [3.05, 3.63) is 65.5 Å². The molecule has 1 amide bonds. The van der Waals surface area contributed by atoms with E-state index in [1.165, 1.54) is 4.90 Å². The summed E-state index contributed by atoms with van der Waals surface area (Å²) in [7, 11) is 1.56. The molecule has 176 valence electrons. The van der Waals surface area contributed by atoms with Gasteiger partial charge in [-0.3, -0.25) is 14.7 Å². The molecule has 33 heavy (non-hydrogen) atoms. The highest BCUT2D eigenvalue weighted by Crippen LogP contribution is 2.19. The van der Waals surface area contributed by atoms with Gasteiger partial charge in [-0.1, -0.05) is 43.8 Å². The van der Waals surface area contributed by atoms with Gasteiger partial charge in [0.1, 0.15) is 6.04 Å². The van der Waals surface area contributed by atoms with Crippen LogP contribution in [0.4, 0.5) is 0 Å². The number of carbonyl (C=O) groups excluding carboxylic acids is 1. The molecular formula is C24H31N5O3S. The molecule has 9 heteroatoms. The number of carboxylic acid groups (broad SMARTS) is 1. The van der Waals surface area contributed by atoms with Gasteiger partial charge in [-0.15, -0.1) is 0 Å². The lowest BCUT2D eigenvalue weighted by Gasteiger charge is -2.27.